The first-order valence-electron chi connectivity index (χ1n) is 8.85. The zero-order chi connectivity index (χ0) is 18.1. The highest BCUT2D eigenvalue weighted by atomic mass is 16.5. The fraction of sp³-hybridized carbons (Fsp3) is 0.429. The molecule has 2 aromatic carbocycles. The second-order valence-corrected chi connectivity index (χ2v) is 6.32. The van der Waals surface area contributed by atoms with Gasteiger partial charge in [-0.25, -0.2) is 0 Å². The summed E-state index contributed by atoms with van der Waals surface area (Å²) < 4.78 is 11.0. The van der Waals surface area contributed by atoms with Gasteiger partial charge in [0, 0.05) is 19.1 Å². The molecule has 0 saturated carbocycles. The van der Waals surface area contributed by atoms with Crippen LogP contribution in [0.2, 0.25) is 0 Å². The van der Waals surface area contributed by atoms with Crippen LogP contribution in [0.4, 0.5) is 0 Å². The summed E-state index contributed by atoms with van der Waals surface area (Å²) in [6.45, 7) is 5.98. The maximum Gasteiger partial charge on any atom is 0.119 e. The molecule has 4 heteroatoms. The molecule has 0 aliphatic carbocycles. The summed E-state index contributed by atoms with van der Waals surface area (Å²) in [6, 6.07) is 18.0. The molecule has 0 aliphatic heterocycles. The van der Waals surface area contributed by atoms with Crippen molar-refractivity contribution in [2.45, 2.75) is 39.0 Å². The van der Waals surface area contributed by atoms with Crippen molar-refractivity contribution < 1.29 is 14.6 Å². The second-order valence-electron chi connectivity index (χ2n) is 6.32. The maximum absolute atomic E-state index is 10.4. The summed E-state index contributed by atoms with van der Waals surface area (Å²) >= 11 is 0. The van der Waals surface area contributed by atoms with Crippen molar-refractivity contribution in [2.24, 2.45) is 0 Å². The molecule has 0 spiro atoms. The zero-order valence-electron chi connectivity index (χ0n) is 15.4. The molecule has 0 aliphatic rings. The predicted molar refractivity (Wildman–Crippen MR) is 101 cm³/mol. The average molecular weight is 343 g/mol. The van der Waals surface area contributed by atoms with Gasteiger partial charge in [-0.2, -0.15) is 0 Å². The van der Waals surface area contributed by atoms with Gasteiger partial charge in [-0.05, 0) is 43.2 Å². The van der Waals surface area contributed by atoms with E-state index in [1.54, 1.807) is 7.11 Å². The lowest BCUT2D eigenvalue weighted by atomic mass is 10.1. The Hall–Kier alpha value is -2.04. The van der Waals surface area contributed by atoms with Gasteiger partial charge in [0.25, 0.3) is 0 Å². The fourth-order valence-electron chi connectivity index (χ4n) is 2.70. The Labute approximate surface area is 151 Å². The third-order valence-corrected chi connectivity index (χ3v) is 4.36. The van der Waals surface area contributed by atoms with Crippen LogP contribution in [0, 0.1) is 0 Å². The molecule has 2 aromatic rings. The molecule has 0 fully saturated rings. The molecule has 0 saturated heterocycles. The first-order chi connectivity index (χ1) is 12.1. The van der Waals surface area contributed by atoms with Gasteiger partial charge in [0.15, 0.2) is 0 Å². The molecule has 0 radical (unpaired) electrons. The largest absolute Gasteiger partial charge is 0.497 e. The molecule has 2 rings (SSSR count). The van der Waals surface area contributed by atoms with Crippen molar-refractivity contribution in [3.05, 3.63) is 60.2 Å². The number of para-hydroxylation sites is 1. The number of hydrogen-bond acceptors (Lipinski definition) is 4. The molecule has 0 heterocycles. The normalized spacial score (nSPS) is 13.5. The minimum Gasteiger partial charge on any atom is -0.497 e. The lowest BCUT2D eigenvalue weighted by Gasteiger charge is -2.30. The third-order valence-electron chi connectivity index (χ3n) is 4.36. The summed E-state index contributed by atoms with van der Waals surface area (Å²) in [5.74, 6) is 1.64. The Kier molecular flexibility index (Phi) is 7.76. The third kappa shape index (κ3) is 6.40. The highest BCUT2D eigenvalue weighted by molar-refractivity contribution is 5.28. The van der Waals surface area contributed by atoms with Gasteiger partial charge >= 0.3 is 0 Å². The monoisotopic (exact) mass is 343 g/mol. The van der Waals surface area contributed by atoms with E-state index in [1.165, 1.54) is 5.56 Å². The minimum absolute atomic E-state index is 0.287. The zero-order valence-corrected chi connectivity index (χ0v) is 15.4. The van der Waals surface area contributed by atoms with Gasteiger partial charge in [-0.15, -0.1) is 0 Å². The predicted octanol–water partition coefficient (Wildman–Crippen LogP) is 3.74. The van der Waals surface area contributed by atoms with E-state index in [0.29, 0.717) is 12.6 Å². The van der Waals surface area contributed by atoms with Crippen LogP contribution in [-0.2, 0) is 6.54 Å². The summed E-state index contributed by atoms with van der Waals surface area (Å²) in [7, 11) is 1.68. The van der Waals surface area contributed by atoms with Crippen LogP contribution >= 0.6 is 0 Å². The molecule has 25 heavy (non-hydrogen) atoms. The first-order valence-corrected chi connectivity index (χ1v) is 8.85. The highest BCUT2D eigenvalue weighted by Gasteiger charge is 2.18. The quantitative estimate of drug-likeness (QED) is 0.714. The number of hydrogen-bond donors (Lipinski definition) is 1. The standard InChI is InChI=1S/C21H29NO3/c1-4-17(2)22(14-18-9-8-12-21(13-18)24-3)15-19(23)16-25-20-10-6-5-7-11-20/h5-13,17,19,23H,4,14-16H2,1-3H3/t17-,19-/m1/s1. The SMILES string of the molecule is CC[C@@H](C)N(Cc1cccc(OC)c1)C[C@@H](O)COc1ccccc1. The van der Waals surface area contributed by atoms with E-state index in [9.17, 15) is 5.11 Å². The molecule has 0 aromatic heterocycles. The fourth-order valence-corrected chi connectivity index (χ4v) is 2.70. The van der Waals surface area contributed by atoms with E-state index in [1.807, 2.05) is 48.5 Å². The van der Waals surface area contributed by atoms with Crippen LogP contribution in [-0.4, -0.2) is 42.4 Å². The minimum atomic E-state index is -0.542. The number of nitrogens with zero attached hydrogens (tertiary/aromatic N) is 1. The molecule has 0 bridgehead atoms. The van der Waals surface area contributed by atoms with Gasteiger partial charge in [-0.1, -0.05) is 37.3 Å². The summed E-state index contributed by atoms with van der Waals surface area (Å²) in [5.41, 5.74) is 1.18. The number of aliphatic hydroxyl groups is 1. The second kappa shape index (κ2) is 10.1. The van der Waals surface area contributed by atoms with Crippen molar-refractivity contribution in [2.75, 3.05) is 20.3 Å². The van der Waals surface area contributed by atoms with E-state index in [4.69, 9.17) is 9.47 Å². The van der Waals surface area contributed by atoms with Gasteiger partial charge in [0.05, 0.1) is 7.11 Å². The Balaban J connectivity index is 1.94. The Morgan fingerprint density at radius 2 is 1.76 bits per heavy atom. The molecular formula is C21H29NO3. The Bertz CT molecular complexity index is 618. The van der Waals surface area contributed by atoms with Crippen molar-refractivity contribution >= 4 is 0 Å². The van der Waals surface area contributed by atoms with E-state index >= 15 is 0 Å². The number of methoxy groups -OCH3 is 1. The lowest BCUT2D eigenvalue weighted by Crippen LogP contribution is -2.40. The number of ether oxygens (including phenoxy) is 2. The van der Waals surface area contributed by atoms with Crippen molar-refractivity contribution in [3.63, 3.8) is 0 Å². The van der Waals surface area contributed by atoms with Gasteiger partial charge in [-0.3, -0.25) is 4.90 Å². The van der Waals surface area contributed by atoms with Crippen LogP contribution in [0.25, 0.3) is 0 Å². The van der Waals surface area contributed by atoms with E-state index in [-0.39, 0.29) is 6.61 Å². The van der Waals surface area contributed by atoms with E-state index in [2.05, 4.69) is 24.8 Å². The molecule has 0 amide bonds. The Morgan fingerprint density at radius 3 is 2.44 bits per heavy atom. The molecular weight excluding hydrogens is 314 g/mol. The molecule has 2 atom stereocenters. The summed E-state index contributed by atoms with van der Waals surface area (Å²) in [4.78, 5) is 2.29. The summed E-state index contributed by atoms with van der Waals surface area (Å²) in [6.07, 6.45) is 0.482. The van der Waals surface area contributed by atoms with Crippen LogP contribution in [0.5, 0.6) is 11.5 Å². The molecule has 136 valence electrons. The molecule has 0 unspecified atom stereocenters. The van der Waals surface area contributed by atoms with Crippen LogP contribution < -0.4 is 9.47 Å². The van der Waals surface area contributed by atoms with Gasteiger partial charge in [0.1, 0.15) is 24.2 Å². The van der Waals surface area contributed by atoms with Crippen LogP contribution in [0.3, 0.4) is 0 Å². The average Bonchev–Trinajstić information content (AvgIpc) is 2.66. The Morgan fingerprint density at radius 1 is 1.04 bits per heavy atom. The van der Waals surface area contributed by atoms with E-state index in [0.717, 1.165) is 24.5 Å². The van der Waals surface area contributed by atoms with Crippen molar-refractivity contribution in [1.29, 1.82) is 0 Å². The van der Waals surface area contributed by atoms with Gasteiger partial charge in [0.2, 0.25) is 0 Å². The lowest BCUT2D eigenvalue weighted by molar-refractivity contribution is 0.0506. The maximum atomic E-state index is 10.4. The topological polar surface area (TPSA) is 41.9 Å². The van der Waals surface area contributed by atoms with E-state index < -0.39 is 6.10 Å². The molecule has 4 nitrogen and oxygen atoms in total. The van der Waals surface area contributed by atoms with Crippen molar-refractivity contribution in [3.8, 4) is 11.5 Å². The summed E-state index contributed by atoms with van der Waals surface area (Å²) in [5, 5.41) is 10.4. The first kappa shape index (κ1) is 19.3. The number of benzene rings is 2. The molecule has 1 N–H and O–H groups in total. The highest BCUT2D eigenvalue weighted by Crippen LogP contribution is 2.17. The van der Waals surface area contributed by atoms with Crippen LogP contribution in [0.15, 0.2) is 54.6 Å². The van der Waals surface area contributed by atoms with Crippen molar-refractivity contribution in [1.82, 2.24) is 4.90 Å². The van der Waals surface area contributed by atoms with Gasteiger partial charge < -0.3 is 14.6 Å². The number of aliphatic hydroxyl groups excluding tert-OH is 1. The van der Waals surface area contributed by atoms with Crippen LogP contribution in [0.1, 0.15) is 25.8 Å². The number of rotatable bonds is 10. The smallest absolute Gasteiger partial charge is 0.119 e.